The van der Waals surface area contributed by atoms with E-state index in [4.69, 9.17) is 5.11 Å². The Labute approximate surface area is 146 Å². The number of aliphatic hydroxyl groups excluding tert-OH is 1. The van der Waals surface area contributed by atoms with Crippen LogP contribution in [0.3, 0.4) is 0 Å². The molecule has 0 aliphatic carbocycles. The number of H-pyrrole nitrogens is 1. The van der Waals surface area contributed by atoms with Crippen LogP contribution in [-0.2, 0) is 0 Å². The molecule has 134 valence electrons. The normalized spacial score (nSPS) is 19.0. The number of hydrogen-bond donors (Lipinski definition) is 2. The Morgan fingerprint density at radius 3 is 2.96 bits per heavy atom. The van der Waals surface area contributed by atoms with E-state index in [9.17, 15) is 4.79 Å². The number of amides is 1. The molecule has 1 saturated heterocycles. The molecule has 3 rings (SSSR count). The van der Waals surface area contributed by atoms with Crippen molar-refractivity contribution in [3.63, 3.8) is 0 Å². The number of carbonyl (C=O) groups is 1. The fourth-order valence-corrected chi connectivity index (χ4v) is 3.17. The Hall–Kier alpha value is -2.32. The Morgan fingerprint density at radius 2 is 2.28 bits per heavy atom. The van der Waals surface area contributed by atoms with E-state index in [0.29, 0.717) is 17.9 Å². The van der Waals surface area contributed by atoms with Gasteiger partial charge in [0, 0.05) is 45.2 Å². The molecule has 2 aromatic heterocycles. The molecular weight excluding hydrogens is 320 g/mol. The highest BCUT2D eigenvalue weighted by Crippen LogP contribution is 2.26. The van der Waals surface area contributed by atoms with E-state index in [-0.39, 0.29) is 18.6 Å². The van der Waals surface area contributed by atoms with Gasteiger partial charge >= 0.3 is 0 Å². The van der Waals surface area contributed by atoms with Gasteiger partial charge in [-0.25, -0.2) is 4.98 Å². The van der Waals surface area contributed by atoms with Gasteiger partial charge in [0.15, 0.2) is 5.82 Å². The third-order valence-corrected chi connectivity index (χ3v) is 4.47. The highest BCUT2D eigenvalue weighted by atomic mass is 16.3. The predicted molar refractivity (Wildman–Crippen MR) is 91.9 cm³/mol. The van der Waals surface area contributed by atoms with Crippen molar-refractivity contribution in [3.8, 4) is 0 Å². The standard InChI is InChI=1S/C17H24N6O2/c1-13-19-16(21-20-13)15-5-8-22(7-3-11-24)9-10-23(15)17(25)14-4-2-6-18-12-14/h2,4,6,12,15,24H,3,5,7-11H2,1H3,(H,19,20,21). The van der Waals surface area contributed by atoms with Crippen molar-refractivity contribution >= 4 is 5.91 Å². The van der Waals surface area contributed by atoms with Crippen molar-refractivity contribution in [1.29, 1.82) is 0 Å². The number of aromatic nitrogens is 4. The summed E-state index contributed by atoms with van der Waals surface area (Å²) in [5.74, 6) is 1.34. The molecule has 1 unspecified atom stereocenters. The lowest BCUT2D eigenvalue weighted by atomic mass is 10.1. The quantitative estimate of drug-likeness (QED) is 0.832. The van der Waals surface area contributed by atoms with E-state index in [1.165, 1.54) is 0 Å². The molecule has 25 heavy (non-hydrogen) atoms. The van der Waals surface area contributed by atoms with Crippen molar-refractivity contribution in [2.45, 2.75) is 25.8 Å². The minimum Gasteiger partial charge on any atom is -0.396 e. The zero-order valence-corrected chi connectivity index (χ0v) is 14.4. The number of carbonyl (C=O) groups excluding carboxylic acids is 1. The van der Waals surface area contributed by atoms with Crippen LogP contribution >= 0.6 is 0 Å². The molecule has 8 heteroatoms. The fourth-order valence-electron chi connectivity index (χ4n) is 3.17. The van der Waals surface area contributed by atoms with Gasteiger partial charge in [-0.05, 0) is 31.9 Å². The van der Waals surface area contributed by atoms with Crippen LogP contribution in [0.25, 0.3) is 0 Å². The molecule has 0 saturated carbocycles. The lowest BCUT2D eigenvalue weighted by Crippen LogP contribution is -2.37. The summed E-state index contributed by atoms with van der Waals surface area (Å²) >= 11 is 0. The molecule has 1 aliphatic heterocycles. The molecule has 1 aliphatic rings. The van der Waals surface area contributed by atoms with Crippen LogP contribution in [-0.4, -0.2) is 73.8 Å². The van der Waals surface area contributed by atoms with Crippen molar-refractivity contribution in [1.82, 2.24) is 30.0 Å². The summed E-state index contributed by atoms with van der Waals surface area (Å²) in [5.41, 5.74) is 0.573. The number of nitrogens with zero attached hydrogens (tertiary/aromatic N) is 5. The van der Waals surface area contributed by atoms with E-state index in [0.717, 1.165) is 38.3 Å². The second-order valence-corrected chi connectivity index (χ2v) is 6.24. The van der Waals surface area contributed by atoms with Crippen LogP contribution in [0.1, 0.15) is 40.9 Å². The van der Waals surface area contributed by atoms with Crippen LogP contribution in [0.15, 0.2) is 24.5 Å². The topological polar surface area (TPSA) is 98.2 Å². The number of aliphatic hydroxyl groups is 1. The Kier molecular flexibility index (Phi) is 5.72. The van der Waals surface area contributed by atoms with E-state index >= 15 is 0 Å². The second kappa shape index (κ2) is 8.17. The van der Waals surface area contributed by atoms with Crippen molar-refractivity contribution in [2.75, 3.05) is 32.8 Å². The molecule has 1 fully saturated rings. The van der Waals surface area contributed by atoms with Gasteiger partial charge in [0.25, 0.3) is 5.91 Å². The third kappa shape index (κ3) is 4.21. The van der Waals surface area contributed by atoms with Gasteiger partial charge in [0.1, 0.15) is 5.82 Å². The van der Waals surface area contributed by atoms with E-state index < -0.39 is 0 Å². The molecule has 0 aromatic carbocycles. The molecule has 0 bridgehead atoms. The summed E-state index contributed by atoms with van der Waals surface area (Å²) in [5, 5.41) is 16.2. The summed E-state index contributed by atoms with van der Waals surface area (Å²) in [6.45, 7) is 5.07. The smallest absolute Gasteiger partial charge is 0.256 e. The highest BCUT2D eigenvalue weighted by molar-refractivity contribution is 5.94. The molecule has 0 spiro atoms. The zero-order chi connectivity index (χ0) is 17.6. The van der Waals surface area contributed by atoms with Crippen LogP contribution in [0.2, 0.25) is 0 Å². The van der Waals surface area contributed by atoms with Crippen LogP contribution in [0.5, 0.6) is 0 Å². The van der Waals surface area contributed by atoms with E-state index in [1.807, 2.05) is 11.8 Å². The number of pyridine rings is 1. The number of hydrogen-bond acceptors (Lipinski definition) is 6. The zero-order valence-electron chi connectivity index (χ0n) is 14.4. The monoisotopic (exact) mass is 344 g/mol. The molecular formula is C17H24N6O2. The number of nitrogens with one attached hydrogen (secondary N) is 1. The largest absolute Gasteiger partial charge is 0.396 e. The molecule has 2 N–H and O–H groups in total. The summed E-state index contributed by atoms with van der Waals surface area (Å²) in [7, 11) is 0. The van der Waals surface area contributed by atoms with Crippen molar-refractivity contribution in [3.05, 3.63) is 41.7 Å². The molecule has 0 radical (unpaired) electrons. The molecule has 1 atom stereocenters. The first kappa shape index (κ1) is 17.5. The molecule has 8 nitrogen and oxygen atoms in total. The maximum Gasteiger partial charge on any atom is 0.256 e. The Bertz CT molecular complexity index is 689. The van der Waals surface area contributed by atoms with Gasteiger partial charge in [-0.15, -0.1) is 0 Å². The Balaban J connectivity index is 1.83. The fraction of sp³-hybridized carbons (Fsp3) is 0.529. The lowest BCUT2D eigenvalue weighted by Gasteiger charge is -2.27. The minimum atomic E-state index is -0.170. The molecule has 3 heterocycles. The van der Waals surface area contributed by atoms with Crippen LogP contribution in [0.4, 0.5) is 0 Å². The van der Waals surface area contributed by atoms with Crippen molar-refractivity contribution in [2.24, 2.45) is 0 Å². The summed E-state index contributed by atoms with van der Waals surface area (Å²) < 4.78 is 0. The van der Waals surface area contributed by atoms with Gasteiger partial charge in [0.05, 0.1) is 11.6 Å². The van der Waals surface area contributed by atoms with Gasteiger partial charge in [-0.3, -0.25) is 14.9 Å². The first-order chi connectivity index (χ1) is 12.2. The average Bonchev–Trinajstić information content (AvgIpc) is 2.96. The summed E-state index contributed by atoms with van der Waals surface area (Å²) in [6.07, 6.45) is 4.75. The first-order valence-corrected chi connectivity index (χ1v) is 8.62. The van der Waals surface area contributed by atoms with E-state index in [1.54, 1.807) is 24.5 Å². The Morgan fingerprint density at radius 1 is 1.40 bits per heavy atom. The number of aryl methyl sites for hydroxylation is 1. The van der Waals surface area contributed by atoms with Gasteiger partial charge in [0.2, 0.25) is 0 Å². The van der Waals surface area contributed by atoms with Crippen LogP contribution in [0, 0.1) is 6.92 Å². The van der Waals surface area contributed by atoms with Crippen molar-refractivity contribution < 1.29 is 9.90 Å². The average molecular weight is 344 g/mol. The van der Waals surface area contributed by atoms with E-state index in [2.05, 4.69) is 25.1 Å². The minimum absolute atomic E-state index is 0.0513. The maximum absolute atomic E-state index is 13.0. The lowest BCUT2D eigenvalue weighted by molar-refractivity contribution is 0.0676. The summed E-state index contributed by atoms with van der Waals surface area (Å²) in [4.78, 5) is 25.7. The predicted octanol–water partition coefficient (Wildman–Crippen LogP) is 0.780. The third-order valence-electron chi connectivity index (χ3n) is 4.47. The second-order valence-electron chi connectivity index (χ2n) is 6.24. The maximum atomic E-state index is 13.0. The summed E-state index contributed by atoms with van der Waals surface area (Å²) in [6, 6.07) is 3.38. The number of aromatic amines is 1. The SMILES string of the molecule is Cc1nc(C2CCN(CCCO)CCN2C(=O)c2cccnc2)n[nH]1. The van der Waals surface area contributed by atoms with Gasteiger partial charge in [-0.1, -0.05) is 0 Å². The first-order valence-electron chi connectivity index (χ1n) is 8.62. The van der Waals surface area contributed by atoms with Gasteiger partial charge in [-0.2, -0.15) is 5.10 Å². The molecule has 2 aromatic rings. The molecule has 1 amide bonds. The van der Waals surface area contributed by atoms with Gasteiger partial charge < -0.3 is 14.9 Å². The number of rotatable bonds is 5. The highest BCUT2D eigenvalue weighted by Gasteiger charge is 2.32. The van der Waals surface area contributed by atoms with Crippen LogP contribution < -0.4 is 0 Å².